The lowest BCUT2D eigenvalue weighted by molar-refractivity contribution is -0.131. The van der Waals surface area contributed by atoms with Gasteiger partial charge in [-0.3, -0.25) is 14.6 Å². The Morgan fingerprint density at radius 1 is 1.19 bits per heavy atom. The van der Waals surface area contributed by atoms with Crippen molar-refractivity contribution in [2.24, 2.45) is 5.41 Å². The molecule has 4 rings (SSSR count). The van der Waals surface area contributed by atoms with Crippen LogP contribution < -0.4 is 5.32 Å². The average Bonchev–Trinajstić information content (AvgIpc) is 3.27. The Balaban J connectivity index is 0.000000948. The molecule has 0 aromatic carbocycles. The predicted molar refractivity (Wildman–Crippen MR) is 102 cm³/mol. The van der Waals surface area contributed by atoms with Gasteiger partial charge < -0.3 is 15.2 Å². The number of carbonyl (C=O) groups is 2. The molecule has 1 aliphatic heterocycles. The number of amides is 2. The van der Waals surface area contributed by atoms with Crippen molar-refractivity contribution in [1.29, 1.82) is 0 Å². The lowest BCUT2D eigenvalue weighted by Crippen LogP contribution is -2.44. The molecule has 2 aromatic heterocycles. The maximum Gasteiger partial charge on any atom is 0.268 e. The first-order valence-corrected chi connectivity index (χ1v) is 9.56. The molecule has 2 aliphatic rings. The Labute approximate surface area is 154 Å². The number of nitrogens with zero attached hydrogens (tertiary/aromatic N) is 2. The summed E-state index contributed by atoms with van der Waals surface area (Å²) >= 11 is 0. The molecule has 1 spiro atoms. The zero-order chi connectivity index (χ0) is 18.7. The number of aryl methyl sites for hydroxylation is 1. The van der Waals surface area contributed by atoms with Crippen molar-refractivity contribution in [3.8, 4) is 0 Å². The second kappa shape index (κ2) is 7.48. The summed E-state index contributed by atoms with van der Waals surface area (Å²) < 4.78 is 0. The summed E-state index contributed by atoms with van der Waals surface area (Å²) in [5, 5.41) is 3.67. The number of hydrogen-bond acceptors (Lipinski definition) is 3. The molecular formula is C20H28N4O2. The van der Waals surface area contributed by atoms with E-state index in [4.69, 9.17) is 0 Å². The van der Waals surface area contributed by atoms with Crippen LogP contribution in [0, 0.1) is 12.3 Å². The smallest absolute Gasteiger partial charge is 0.268 e. The molecule has 6 heteroatoms. The van der Waals surface area contributed by atoms with Gasteiger partial charge in [-0.2, -0.15) is 0 Å². The fourth-order valence-electron chi connectivity index (χ4n) is 3.53. The Hall–Kier alpha value is -2.37. The van der Waals surface area contributed by atoms with Crippen molar-refractivity contribution >= 4 is 22.7 Å². The number of fused-ring (bicyclic) bond motifs is 1. The molecule has 2 N–H and O–H groups in total. The average molecular weight is 356 g/mol. The molecule has 26 heavy (non-hydrogen) atoms. The monoisotopic (exact) mass is 356 g/mol. The van der Waals surface area contributed by atoms with Crippen molar-refractivity contribution in [3.63, 3.8) is 0 Å². The van der Waals surface area contributed by atoms with E-state index in [2.05, 4.69) is 15.3 Å². The minimum Gasteiger partial charge on any atom is -0.349 e. The van der Waals surface area contributed by atoms with Crippen LogP contribution in [0.25, 0.3) is 10.9 Å². The highest BCUT2D eigenvalue weighted by molar-refractivity contribution is 5.99. The van der Waals surface area contributed by atoms with E-state index >= 15 is 0 Å². The van der Waals surface area contributed by atoms with E-state index in [0.717, 1.165) is 42.5 Å². The highest BCUT2D eigenvalue weighted by Crippen LogP contribution is 2.53. The quantitative estimate of drug-likeness (QED) is 0.887. The number of likely N-dealkylation sites (tertiary alicyclic amines) is 1. The first-order chi connectivity index (χ1) is 12.5. The fraction of sp³-hybridized carbons (Fsp3) is 0.550. The van der Waals surface area contributed by atoms with Crippen LogP contribution in [0.1, 0.15) is 55.7 Å². The summed E-state index contributed by atoms with van der Waals surface area (Å²) in [6.45, 7) is 7.62. The van der Waals surface area contributed by atoms with Crippen molar-refractivity contribution in [1.82, 2.24) is 20.2 Å². The van der Waals surface area contributed by atoms with Crippen LogP contribution in [0.5, 0.6) is 0 Å². The van der Waals surface area contributed by atoms with Gasteiger partial charge in [-0.1, -0.05) is 13.8 Å². The normalized spacial score (nSPS) is 17.6. The van der Waals surface area contributed by atoms with Crippen molar-refractivity contribution in [2.75, 3.05) is 19.6 Å². The van der Waals surface area contributed by atoms with Crippen LogP contribution in [0.2, 0.25) is 0 Å². The lowest BCUT2D eigenvalue weighted by Gasteiger charge is -2.32. The van der Waals surface area contributed by atoms with Crippen LogP contribution in [0.3, 0.4) is 0 Å². The van der Waals surface area contributed by atoms with E-state index in [1.165, 1.54) is 12.8 Å². The largest absolute Gasteiger partial charge is 0.349 e. The molecule has 0 radical (unpaired) electrons. The van der Waals surface area contributed by atoms with E-state index in [0.29, 0.717) is 11.1 Å². The molecule has 2 fully saturated rings. The third kappa shape index (κ3) is 3.89. The first-order valence-electron chi connectivity index (χ1n) is 9.56. The Kier molecular flexibility index (Phi) is 5.30. The van der Waals surface area contributed by atoms with Gasteiger partial charge in [-0.15, -0.1) is 0 Å². The minimum atomic E-state index is -0.257. The Bertz CT molecular complexity index is 797. The van der Waals surface area contributed by atoms with E-state index in [9.17, 15) is 9.59 Å². The summed E-state index contributed by atoms with van der Waals surface area (Å²) in [5.74, 6) is -0.250. The summed E-state index contributed by atoms with van der Waals surface area (Å²) in [6, 6.07) is 3.72. The third-order valence-corrected chi connectivity index (χ3v) is 5.42. The SMILES string of the molecule is CC.Cc1cc2cc(C(=O)NCC(=O)N3CCC4(CC3)CC4)[nH]c2cn1. The maximum absolute atomic E-state index is 12.3. The van der Waals surface area contributed by atoms with Crippen molar-refractivity contribution in [3.05, 3.63) is 29.7 Å². The first kappa shape index (κ1) is 18.4. The van der Waals surface area contributed by atoms with Crippen molar-refractivity contribution in [2.45, 2.75) is 46.5 Å². The predicted octanol–water partition coefficient (Wildman–Crippen LogP) is 3.03. The molecular weight excluding hydrogens is 328 g/mol. The molecule has 1 saturated heterocycles. The molecule has 3 heterocycles. The zero-order valence-corrected chi connectivity index (χ0v) is 15.9. The number of piperidine rings is 1. The van der Waals surface area contributed by atoms with Gasteiger partial charge in [0.15, 0.2) is 0 Å². The Morgan fingerprint density at radius 2 is 1.88 bits per heavy atom. The second-order valence-electron chi connectivity index (χ2n) is 7.16. The van der Waals surface area contributed by atoms with Crippen LogP contribution in [-0.2, 0) is 4.79 Å². The standard InChI is InChI=1S/C18H22N4O2.C2H6/c1-12-8-13-9-14(21-15(13)10-19-12)17(24)20-11-16(23)22-6-4-18(2-3-18)5-7-22;1-2/h8-10,21H,2-7,11H2,1H3,(H,20,24);1-2H3. The molecule has 6 nitrogen and oxygen atoms in total. The van der Waals surface area contributed by atoms with Gasteiger partial charge in [0.05, 0.1) is 18.3 Å². The Morgan fingerprint density at radius 3 is 2.54 bits per heavy atom. The summed E-state index contributed by atoms with van der Waals surface area (Å²) in [5.41, 5.74) is 2.74. The van der Waals surface area contributed by atoms with Gasteiger partial charge >= 0.3 is 0 Å². The third-order valence-electron chi connectivity index (χ3n) is 5.42. The summed E-state index contributed by atoms with van der Waals surface area (Å²) in [7, 11) is 0. The topological polar surface area (TPSA) is 78.1 Å². The summed E-state index contributed by atoms with van der Waals surface area (Å²) in [4.78, 5) is 33.7. The highest BCUT2D eigenvalue weighted by atomic mass is 16.2. The van der Waals surface area contributed by atoms with Gasteiger partial charge in [0.25, 0.3) is 5.91 Å². The highest BCUT2D eigenvalue weighted by Gasteiger charge is 2.44. The molecule has 140 valence electrons. The molecule has 1 aliphatic carbocycles. The number of aromatic nitrogens is 2. The molecule has 1 saturated carbocycles. The number of H-pyrrole nitrogens is 1. The van der Waals surface area contributed by atoms with E-state index < -0.39 is 0 Å². The lowest BCUT2D eigenvalue weighted by atomic mass is 9.94. The molecule has 2 amide bonds. The minimum absolute atomic E-state index is 0.00692. The maximum atomic E-state index is 12.3. The number of carbonyl (C=O) groups excluding carboxylic acids is 2. The molecule has 0 atom stereocenters. The van der Waals surface area contributed by atoms with E-state index in [1.54, 1.807) is 12.3 Å². The molecule has 0 bridgehead atoms. The second-order valence-corrected chi connectivity index (χ2v) is 7.16. The van der Waals surface area contributed by atoms with Gasteiger partial charge in [0.1, 0.15) is 5.69 Å². The number of hydrogen-bond donors (Lipinski definition) is 2. The van der Waals surface area contributed by atoms with Gasteiger partial charge in [0.2, 0.25) is 5.91 Å². The summed E-state index contributed by atoms with van der Waals surface area (Å²) in [6.07, 6.45) is 6.58. The number of nitrogens with one attached hydrogen (secondary N) is 2. The van der Waals surface area contributed by atoms with Gasteiger partial charge in [-0.25, -0.2) is 0 Å². The fourth-order valence-corrected chi connectivity index (χ4v) is 3.53. The molecule has 2 aromatic rings. The van der Waals surface area contributed by atoms with E-state index in [1.807, 2.05) is 31.7 Å². The number of aromatic amines is 1. The van der Waals surface area contributed by atoms with Crippen LogP contribution in [0.4, 0.5) is 0 Å². The zero-order valence-electron chi connectivity index (χ0n) is 15.9. The molecule has 0 unspecified atom stereocenters. The van der Waals surface area contributed by atoms with E-state index in [-0.39, 0.29) is 18.4 Å². The number of rotatable bonds is 3. The number of pyridine rings is 1. The van der Waals surface area contributed by atoms with Crippen molar-refractivity contribution < 1.29 is 9.59 Å². The van der Waals surface area contributed by atoms with Gasteiger partial charge in [-0.05, 0) is 50.2 Å². The van der Waals surface area contributed by atoms with Crippen LogP contribution in [0.15, 0.2) is 18.3 Å². The van der Waals surface area contributed by atoms with Crippen LogP contribution >= 0.6 is 0 Å². The van der Waals surface area contributed by atoms with Crippen LogP contribution in [-0.4, -0.2) is 46.3 Å². The van der Waals surface area contributed by atoms with Gasteiger partial charge in [0, 0.05) is 24.2 Å².